The van der Waals surface area contributed by atoms with Crippen molar-refractivity contribution in [3.8, 4) is 0 Å². The Bertz CT molecular complexity index is 1210. The minimum absolute atomic E-state index is 0.0377. The van der Waals surface area contributed by atoms with Crippen LogP contribution in [0, 0.1) is 5.92 Å². The Morgan fingerprint density at radius 2 is 1.88 bits per heavy atom. The molecule has 33 heavy (non-hydrogen) atoms. The van der Waals surface area contributed by atoms with Crippen LogP contribution in [0.2, 0.25) is 5.02 Å². The molecule has 1 N–H and O–H groups in total. The van der Waals surface area contributed by atoms with E-state index >= 15 is 0 Å². The molecular weight excluding hydrogens is 458 g/mol. The third-order valence-electron chi connectivity index (χ3n) is 5.21. The predicted molar refractivity (Wildman–Crippen MR) is 134 cm³/mol. The molecule has 0 unspecified atom stereocenters. The molecule has 2 aromatic carbocycles. The van der Waals surface area contributed by atoms with Gasteiger partial charge in [-0.2, -0.15) is 0 Å². The van der Waals surface area contributed by atoms with E-state index in [0.29, 0.717) is 52.1 Å². The summed E-state index contributed by atoms with van der Waals surface area (Å²) < 4.78 is 1.67. The Morgan fingerprint density at radius 1 is 1.15 bits per heavy atom. The minimum atomic E-state index is -0.115. The van der Waals surface area contributed by atoms with E-state index in [1.807, 2.05) is 12.1 Å². The first-order valence-electron chi connectivity index (χ1n) is 10.9. The second-order valence-electron chi connectivity index (χ2n) is 8.34. The van der Waals surface area contributed by atoms with E-state index in [1.165, 1.54) is 18.7 Å². The van der Waals surface area contributed by atoms with Gasteiger partial charge in [-0.3, -0.25) is 19.0 Å². The lowest BCUT2D eigenvalue weighted by Crippen LogP contribution is -2.24. The predicted octanol–water partition coefficient (Wildman–Crippen LogP) is 4.75. The number of amides is 1. The summed E-state index contributed by atoms with van der Waals surface area (Å²) in [5.41, 5.74) is 2.07. The van der Waals surface area contributed by atoms with E-state index in [4.69, 9.17) is 11.6 Å². The van der Waals surface area contributed by atoms with Crippen LogP contribution in [0.5, 0.6) is 0 Å². The molecule has 0 bridgehead atoms. The Morgan fingerprint density at radius 3 is 2.55 bits per heavy atom. The van der Waals surface area contributed by atoms with Crippen LogP contribution < -0.4 is 10.9 Å². The van der Waals surface area contributed by atoms with Crippen molar-refractivity contribution in [3.63, 3.8) is 0 Å². The molecule has 0 spiro atoms. The molecule has 0 aliphatic rings. The topological polar surface area (TPSA) is 81.1 Å². The van der Waals surface area contributed by atoms with Crippen molar-refractivity contribution in [2.45, 2.75) is 45.3 Å². The summed E-state index contributed by atoms with van der Waals surface area (Å²) in [5, 5.41) is 4.32. The molecule has 1 aromatic heterocycles. The van der Waals surface area contributed by atoms with Gasteiger partial charge < -0.3 is 5.32 Å². The van der Waals surface area contributed by atoms with Crippen LogP contribution in [0.3, 0.4) is 0 Å². The standard InChI is InChI=1S/C25H28ClN3O3S/c1-16(2)11-13-29-24(32)21-9-8-20(26)14-22(21)28-25(29)33-15-23(31)19-6-4-18(5-7-19)10-12-27-17(3)30/h4-9,14,16H,10-13,15H2,1-3H3,(H,27,30). The lowest BCUT2D eigenvalue weighted by Gasteiger charge is -2.14. The van der Waals surface area contributed by atoms with Gasteiger partial charge in [0.25, 0.3) is 5.56 Å². The summed E-state index contributed by atoms with van der Waals surface area (Å²) in [6, 6.07) is 12.5. The van der Waals surface area contributed by atoms with Crippen molar-refractivity contribution < 1.29 is 9.59 Å². The van der Waals surface area contributed by atoms with Gasteiger partial charge in [-0.1, -0.05) is 61.5 Å². The van der Waals surface area contributed by atoms with Crippen molar-refractivity contribution in [1.82, 2.24) is 14.9 Å². The van der Waals surface area contributed by atoms with Crippen LogP contribution in [0.1, 0.15) is 43.1 Å². The number of aromatic nitrogens is 2. The first-order chi connectivity index (χ1) is 15.7. The van der Waals surface area contributed by atoms with Gasteiger partial charge in [0.05, 0.1) is 16.7 Å². The third kappa shape index (κ3) is 6.92. The number of ketones is 1. The average Bonchev–Trinajstić information content (AvgIpc) is 2.76. The van der Waals surface area contributed by atoms with E-state index in [2.05, 4.69) is 24.1 Å². The molecule has 8 heteroatoms. The number of thioether (sulfide) groups is 1. The minimum Gasteiger partial charge on any atom is -0.356 e. The Hall–Kier alpha value is -2.64. The highest BCUT2D eigenvalue weighted by molar-refractivity contribution is 7.99. The van der Waals surface area contributed by atoms with Crippen molar-refractivity contribution in [2.24, 2.45) is 5.92 Å². The van der Waals surface area contributed by atoms with Crippen LogP contribution in [-0.4, -0.2) is 33.5 Å². The van der Waals surface area contributed by atoms with Crippen LogP contribution in [0.25, 0.3) is 10.9 Å². The fourth-order valence-corrected chi connectivity index (χ4v) is 4.41. The van der Waals surface area contributed by atoms with Crippen molar-refractivity contribution in [3.05, 3.63) is 69.0 Å². The number of carbonyl (C=O) groups excluding carboxylic acids is 2. The van der Waals surface area contributed by atoms with Crippen LogP contribution in [0.15, 0.2) is 52.4 Å². The molecule has 0 radical (unpaired) electrons. The van der Waals surface area contributed by atoms with E-state index in [9.17, 15) is 14.4 Å². The van der Waals surface area contributed by atoms with Gasteiger partial charge in [-0.05, 0) is 42.5 Å². The van der Waals surface area contributed by atoms with Gasteiger partial charge in [-0.25, -0.2) is 4.98 Å². The van der Waals surface area contributed by atoms with Crippen molar-refractivity contribution in [2.75, 3.05) is 12.3 Å². The van der Waals surface area contributed by atoms with Crippen LogP contribution in [0.4, 0.5) is 0 Å². The molecule has 0 fully saturated rings. The Balaban J connectivity index is 1.76. The zero-order chi connectivity index (χ0) is 24.0. The smallest absolute Gasteiger partial charge is 0.262 e. The second kappa shape index (κ2) is 11.5. The van der Waals surface area contributed by atoms with Crippen LogP contribution in [-0.2, 0) is 17.8 Å². The fraction of sp³-hybridized carbons (Fsp3) is 0.360. The van der Waals surface area contributed by atoms with E-state index in [1.54, 1.807) is 34.9 Å². The lowest BCUT2D eigenvalue weighted by molar-refractivity contribution is -0.118. The van der Waals surface area contributed by atoms with Crippen molar-refractivity contribution >= 4 is 46.0 Å². The average molecular weight is 486 g/mol. The van der Waals surface area contributed by atoms with Gasteiger partial charge >= 0.3 is 0 Å². The molecule has 0 aliphatic heterocycles. The molecule has 3 aromatic rings. The SMILES string of the molecule is CC(=O)NCCc1ccc(C(=O)CSc2nc3cc(Cl)ccc3c(=O)n2CCC(C)C)cc1. The van der Waals surface area contributed by atoms with Gasteiger partial charge in [-0.15, -0.1) is 0 Å². The van der Waals surface area contributed by atoms with Gasteiger partial charge in [0.2, 0.25) is 5.91 Å². The number of benzene rings is 2. The highest BCUT2D eigenvalue weighted by Crippen LogP contribution is 2.22. The number of Topliss-reactive ketones (excluding diaryl/α,β-unsaturated/α-hetero) is 1. The van der Waals surface area contributed by atoms with E-state index < -0.39 is 0 Å². The van der Waals surface area contributed by atoms with Crippen molar-refractivity contribution in [1.29, 1.82) is 0 Å². The van der Waals surface area contributed by atoms with Gasteiger partial charge in [0, 0.05) is 30.6 Å². The summed E-state index contributed by atoms with van der Waals surface area (Å²) in [6.07, 6.45) is 1.54. The zero-order valence-corrected chi connectivity index (χ0v) is 20.6. The molecule has 0 saturated carbocycles. The summed E-state index contributed by atoms with van der Waals surface area (Å²) in [5.74, 6) is 0.506. The Labute approximate surface area is 202 Å². The molecule has 6 nitrogen and oxygen atoms in total. The van der Waals surface area contributed by atoms with Gasteiger partial charge in [0.15, 0.2) is 10.9 Å². The monoisotopic (exact) mass is 485 g/mol. The largest absolute Gasteiger partial charge is 0.356 e. The molecule has 3 rings (SSSR count). The summed E-state index contributed by atoms with van der Waals surface area (Å²) in [4.78, 5) is 41.5. The first kappa shape index (κ1) is 25.0. The fourth-order valence-electron chi connectivity index (χ4n) is 3.32. The highest BCUT2D eigenvalue weighted by atomic mass is 35.5. The highest BCUT2D eigenvalue weighted by Gasteiger charge is 2.15. The summed E-state index contributed by atoms with van der Waals surface area (Å²) in [7, 11) is 0. The number of carbonyl (C=O) groups is 2. The van der Waals surface area contributed by atoms with E-state index in [0.717, 1.165) is 12.0 Å². The third-order valence-corrected chi connectivity index (χ3v) is 6.42. The summed E-state index contributed by atoms with van der Waals surface area (Å²) >= 11 is 7.37. The Kier molecular flexibility index (Phi) is 8.69. The number of nitrogens with zero attached hydrogens (tertiary/aromatic N) is 2. The molecule has 0 aliphatic carbocycles. The summed E-state index contributed by atoms with van der Waals surface area (Å²) in [6.45, 7) is 6.80. The quantitative estimate of drug-likeness (QED) is 0.254. The zero-order valence-electron chi connectivity index (χ0n) is 19.1. The number of hydrogen-bond donors (Lipinski definition) is 1. The maximum absolute atomic E-state index is 13.1. The lowest BCUT2D eigenvalue weighted by atomic mass is 10.1. The van der Waals surface area contributed by atoms with E-state index in [-0.39, 0.29) is 23.0 Å². The number of fused-ring (bicyclic) bond motifs is 1. The molecule has 1 heterocycles. The molecular formula is C25H28ClN3O3S. The number of halogens is 1. The maximum atomic E-state index is 13.1. The maximum Gasteiger partial charge on any atom is 0.262 e. The molecule has 0 atom stereocenters. The number of hydrogen-bond acceptors (Lipinski definition) is 5. The van der Waals surface area contributed by atoms with Crippen LogP contribution >= 0.6 is 23.4 Å². The molecule has 0 saturated heterocycles. The normalized spacial score (nSPS) is 11.2. The molecule has 1 amide bonds. The second-order valence-corrected chi connectivity index (χ2v) is 9.72. The number of rotatable bonds is 10. The molecule has 174 valence electrons. The van der Waals surface area contributed by atoms with Gasteiger partial charge in [0.1, 0.15) is 0 Å². The first-order valence-corrected chi connectivity index (χ1v) is 12.3. The number of nitrogens with one attached hydrogen (secondary N) is 1.